The molecule has 0 saturated carbocycles. The quantitative estimate of drug-likeness (QED) is 0.905. The maximum Gasteiger partial charge on any atom is 0.228 e. The summed E-state index contributed by atoms with van der Waals surface area (Å²) in [5.74, 6) is 0.0217. The molecule has 0 radical (unpaired) electrons. The second-order valence-corrected chi connectivity index (χ2v) is 5.58. The van der Waals surface area contributed by atoms with Gasteiger partial charge in [-0.25, -0.2) is 0 Å². The number of rotatable bonds is 4. The van der Waals surface area contributed by atoms with Crippen LogP contribution in [0.2, 0.25) is 0 Å². The average molecular weight is 280 g/mol. The number of hydrogen-bond donors (Lipinski definition) is 2. The highest BCUT2D eigenvalue weighted by Crippen LogP contribution is 2.24. The van der Waals surface area contributed by atoms with Crippen LogP contribution in [-0.4, -0.2) is 5.91 Å². The predicted octanol–water partition coefficient (Wildman–Crippen LogP) is 2.82. The van der Waals surface area contributed by atoms with Gasteiger partial charge in [-0.15, -0.1) is 0 Å². The number of nitrogens with two attached hydrogens (primary N) is 1. The van der Waals surface area contributed by atoms with Crippen molar-refractivity contribution in [1.82, 2.24) is 0 Å². The van der Waals surface area contributed by atoms with Crippen LogP contribution < -0.4 is 11.1 Å². The topological polar surface area (TPSA) is 55.1 Å². The van der Waals surface area contributed by atoms with Crippen LogP contribution in [0.1, 0.15) is 28.7 Å². The number of benzene rings is 2. The smallest absolute Gasteiger partial charge is 0.228 e. The average Bonchev–Trinajstić information content (AvgIpc) is 2.95. The van der Waals surface area contributed by atoms with Gasteiger partial charge in [0.25, 0.3) is 0 Å². The molecular formula is C18H20N2O. The zero-order chi connectivity index (χ0) is 14.7. The van der Waals surface area contributed by atoms with Gasteiger partial charge in [0.15, 0.2) is 0 Å². The molecule has 3 nitrogen and oxygen atoms in total. The predicted molar refractivity (Wildman–Crippen MR) is 85.1 cm³/mol. The van der Waals surface area contributed by atoms with Crippen molar-refractivity contribution in [2.75, 3.05) is 5.32 Å². The molecule has 0 saturated heterocycles. The first kappa shape index (κ1) is 13.8. The highest BCUT2D eigenvalue weighted by atomic mass is 16.1. The maximum atomic E-state index is 12.1. The standard InChI is InChI=1S/C18H20N2O/c19-12-14-6-4-13(5-7-14)10-18(21)20-17-9-8-15-2-1-3-16(15)11-17/h4-9,11H,1-3,10,12,19H2,(H,20,21). The van der Waals surface area contributed by atoms with Crippen LogP contribution in [0.15, 0.2) is 42.5 Å². The fourth-order valence-electron chi connectivity index (χ4n) is 2.83. The third-order valence-electron chi connectivity index (χ3n) is 4.01. The van der Waals surface area contributed by atoms with Gasteiger partial charge in [-0.05, 0) is 53.6 Å². The van der Waals surface area contributed by atoms with E-state index in [0.717, 1.165) is 29.7 Å². The Morgan fingerprint density at radius 2 is 1.71 bits per heavy atom. The number of amides is 1. The molecule has 3 N–H and O–H groups in total. The van der Waals surface area contributed by atoms with Crippen molar-refractivity contribution < 1.29 is 4.79 Å². The van der Waals surface area contributed by atoms with Crippen LogP contribution in [0, 0.1) is 0 Å². The lowest BCUT2D eigenvalue weighted by Gasteiger charge is -2.08. The van der Waals surface area contributed by atoms with E-state index in [1.54, 1.807) is 0 Å². The van der Waals surface area contributed by atoms with Gasteiger partial charge in [0.2, 0.25) is 5.91 Å². The van der Waals surface area contributed by atoms with E-state index < -0.39 is 0 Å². The van der Waals surface area contributed by atoms with Crippen molar-refractivity contribution in [1.29, 1.82) is 0 Å². The largest absolute Gasteiger partial charge is 0.326 e. The summed E-state index contributed by atoms with van der Waals surface area (Å²) < 4.78 is 0. The minimum absolute atomic E-state index is 0.0217. The molecule has 0 atom stereocenters. The zero-order valence-corrected chi connectivity index (χ0v) is 12.1. The van der Waals surface area contributed by atoms with Crippen LogP contribution in [0.25, 0.3) is 0 Å². The van der Waals surface area contributed by atoms with Crippen molar-refractivity contribution in [2.24, 2.45) is 5.73 Å². The molecule has 1 aliphatic rings. The molecule has 3 heteroatoms. The van der Waals surface area contributed by atoms with E-state index in [0.29, 0.717) is 13.0 Å². The van der Waals surface area contributed by atoms with E-state index in [1.807, 2.05) is 30.3 Å². The number of anilines is 1. The van der Waals surface area contributed by atoms with Crippen molar-refractivity contribution in [3.8, 4) is 0 Å². The second-order valence-electron chi connectivity index (χ2n) is 5.58. The normalized spacial score (nSPS) is 13.0. The van der Waals surface area contributed by atoms with Crippen LogP contribution in [0.3, 0.4) is 0 Å². The Bertz CT molecular complexity index is 647. The molecule has 1 aliphatic carbocycles. The van der Waals surface area contributed by atoms with Crippen LogP contribution >= 0.6 is 0 Å². The molecule has 0 bridgehead atoms. The van der Waals surface area contributed by atoms with Crippen molar-refractivity contribution in [2.45, 2.75) is 32.2 Å². The molecule has 0 aromatic heterocycles. The van der Waals surface area contributed by atoms with Gasteiger partial charge in [0.05, 0.1) is 6.42 Å². The Kier molecular flexibility index (Phi) is 4.02. The SMILES string of the molecule is NCc1ccc(CC(=O)Nc2ccc3c(c2)CCC3)cc1. The lowest BCUT2D eigenvalue weighted by atomic mass is 10.1. The third-order valence-corrected chi connectivity index (χ3v) is 4.01. The van der Waals surface area contributed by atoms with Gasteiger partial charge in [-0.1, -0.05) is 30.3 Å². The molecular weight excluding hydrogens is 260 g/mol. The zero-order valence-electron chi connectivity index (χ0n) is 12.1. The summed E-state index contributed by atoms with van der Waals surface area (Å²) >= 11 is 0. The molecule has 0 aliphatic heterocycles. The number of hydrogen-bond acceptors (Lipinski definition) is 2. The second kappa shape index (κ2) is 6.10. The summed E-state index contributed by atoms with van der Waals surface area (Å²) in [6, 6.07) is 14.1. The molecule has 108 valence electrons. The number of fused-ring (bicyclic) bond motifs is 1. The molecule has 0 heterocycles. The van der Waals surface area contributed by atoms with E-state index in [4.69, 9.17) is 5.73 Å². The fraction of sp³-hybridized carbons (Fsp3) is 0.278. The van der Waals surface area contributed by atoms with Crippen LogP contribution in [0.4, 0.5) is 5.69 Å². The summed E-state index contributed by atoms with van der Waals surface area (Å²) in [6.07, 6.45) is 3.90. The van der Waals surface area contributed by atoms with Crippen molar-refractivity contribution in [3.63, 3.8) is 0 Å². The number of nitrogens with one attached hydrogen (secondary N) is 1. The molecule has 2 aromatic rings. The Balaban J connectivity index is 1.63. The molecule has 0 fully saturated rings. The van der Waals surface area contributed by atoms with E-state index in [-0.39, 0.29) is 5.91 Å². The van der Waals surface area contributed by atoms with Gasteiger partial charge in [0, 0.05) is 12.2 Å². The maximum absolute atomic E-state index is 12.1. The van der Waals surface area contributed by atoms with Crippen molar-refractivity contribution >= 4 is 11.6 Å². The van der Waals surface area contributed by atoms with Crippen LogP contribution in [-0.2, 0) is 30.6 Å². The first-order chi connectivity index (χ1) is 10.2. The summed E-state index contributed by atoms with van der Waals surface area (Å²) in [5, 5.41) is 2.99. The molecule has 0 spiro atoms. The molecule has 1 amide bonds. The highest BCUT2D eigenvalue weighted by molar-refractivity contribution is 5.92. The Morgan fingerprint density at radius 1 is 1.00 bits per heavy atom. The summed E-state index contributed by atoms with van der Waals surface area (Å²) in [4.78, 5) is 12.1. The fourth-order valence-corrected chi connectivity index (χ4v) is 2.83. The van der Waals surface area contributed by atoms with E-state index in [1.165, 1.54) is 17.5 Å². The first-order valence-electron chi connectivity index (χ1n) is 7.44. The van der Waals surface area contributed by atoms with Gasteiger partial charge in [0.1, 0.15) is 0 Å². The van der Waals surface area contributed by atoms with Crippen LogP contribution in [0.5, 0.6) is 0 Å². The summed E-state index contributed by atoms with van der Waals surface area (Å²) in [5.41, 5.74) is 11.4. The van der Waals surface area contributed by atoms with E-state index >= 15 is 0 Å². The minimum atomic E-state index is 0.0217. The Morgan fingerprint density at radius 3 is 2.48 bits per heavy atom. The first-order valence-corrected chi connectivity index (χ1v) is 7.44. The summed E-state index contributed by atoms with van der Waals surface area (Å²) in [7, 11) is 0. The number of carbonyl (C=O) groups is 1. The van der Waals surface area contributed by atoms with E-state index in [2.05, 4.69) is 17.4 Å². The van der Waals surface area contributed by atoms with Gasteiger partial charge < -0.3 is 11.1 Å². The monoisotopic (exact) mass is 280 g/mol. The Labute approximate surface area is 125 Å². The Hall–Kier alpha value is -2.13. The number of aryl methyl sites for hydroxylation is 2. The number of carbonyl (C=O) groups excluding carboxylic acids is 1. The molecule has 2 aromatic carbocycles. The van der Waals surface area contributed by atoms with Gasteiger partial charge >= 0.3 is 0 Å². The minimum Gasteiger partial charge on any atom is -0.326 e. The summed E-state index contributed by atoms with van der Waals surface area (Å²) in [6.45, 7) is 0.529. The third kappa shape index (κ3) is 3.31. The molecule has 3 rings (SSSR count). The highest BCUT2D eigenvalue weighted by Gasteiger charge is 2.12. The molecule has 21 heavy (non-hydrogen) atoms. The lowest BCUT2D eigenvalue weighted by Crippen LogP contribution is -2.14. The van der Waals surface area contributed by atoms with E-state index in [9.17, 15) is 4.79 Å². The van der Waals surface area contributed by atoms with Gasteiger partial charge in [-0.3, -0.25) is 4.79 Å². The van der Waals surface area contributed by atoms with Gasteiger partial charge in [-0.2, -0.15) is 0 Å². The van der Waals surface area contributed by atoms with Crippen molar-refractivity contribution in [3.05, 3.63) is 64.7 Å². The lowest BCUT2D eigenvalue weighted by molar-refractivity contribution is -0.115. The molecule has 0 unspecified atom stereocenters.